The van der Waals surface area contributed by atoms with E-state index in [0.29, 0.717) is 19.1 Å². The van der Waals surface area contributed by atoms with Crippen molar-refractivity contribution in [2.45, 2.75) is 25.7 Å². The van der Waals surface area contributed by atoms with Crippen LogP contribution in [0, 0.1) is 11.8 Å². The Labute approximate surface area is 90.6 Å². The Hall–Kier alpha value is -0.610. The molecule has 0 saturated heterocycles. The highest BCUT2D eigenvalue weighted by Crippen LogP contribution is 2.29. The lowest BCUT2D eigenvalue weighted by atomic mass is 9.82. The maximum Gasteiger partial charge on any atom is 0.309 e. The van der Waals surface area contributed by atoms with E-state index >= 15 is 0 Å². The Morgan fingerprint density at radius 1 is 1.27 bits per heavy atom. The summed E-state index contributed by atoms with van der Waals surface area (Å²) in [5, 5.41) is 8.96. The van der Waals surface area contributed by atoms with Crippen LogP contribution in [0.2, 0.25) is 0 Å². The first-order valence-corrected chi connectivity index (χ1v) is 5.54. The molecule has 0 heterocycles. The van der Waals surface area contributed by atoms with Crippen molar-refractivity contribution in [3.05, 3.63) is 0 Å². The third-order valence-corrected chi connectivity index (χ3v) is 2.97. The summed E-state index contributed by atoms with van der Waals surface area (Å²) in [6.07, 6.45) is 3.55. The highest BCUT2D eigenvalue weighted by Gasteiger charge is 2.26. The summed E-state index contributed by atoms with van der Waals surface area (Å²) in [5.74, 6) is 0.307. The van der Waals surface area contributed by atoms with E-state index in [-0.39, 0.29) is 18.5 Å². The summed E-state index contributed by atoms with van der Waals surface area (Å²) in [7, 11) is 1.58. The third kappa shape index (κ3) is 4.18. The molecular formula is C11H20O4. The van der Waals surface area contributed by atoms with E-state index in [4.69, 9.17) is 14.6 Å². The van der Waals surface area contributed by atoms with Crippen molar-refractivity contribution in [1.82, 2.24) is 0 Å². The predicted molar refractivity (Wildman–Crippen MR) is 55.4 cm³/mol. The van der Waals surface area contributed by atoms with Gasteiger partial charge in [0.25, 0.3) is 0 Å². The van der Waals surface area contributed by atoms with Crippen LogP contribution in [0.4, 0.5) is 0 Å². The average molecular weight is 216 g/mol. The fourth-order valence-corrected chi connectivity index (χ4v) is 1.92. The summed E-state index contributed by atoms with van der Waals surface area (Å²) in [6.45, 7) is 1.04. The number of rotatable bonds is 5. The van der Waals surface area contributed by atoms with E-state index in [1.165, 1.54) is 0 Å². The highest BCUT2D eigenvalue weighted by molar-refractivity contribution is 5.72. The zero-order valence-electron chi connectivity index (χ0n) is 9.28. The standard InChI is InChI=1S/C11H20O4/c1-14-6-7-15-11(13)10-4-2-9(8-12)3-5-10/h9-10,12H,2-8H2,1H3. The number of methoxy groups -OCH3 is 1. The average Bonchev–Trinajstić information content (AvgIpc) is 2.29. The Morgan fingerprint density at radius 3 is 2.47 bits per heavy atom. The van der Waals surface area contributed by atoms with E-state index < -0.39 is 0 Å². The van der Waals surface area contributed by atoms with E-state index in [1.807, 2.05) is 0 Å². The van der Waals surface area contributed by atoms with Crippen LogP contribution >= 0.6 is 0 Å². The summed E-state index contributed by atoms with van der Waals surface area (Å²) in [6, 6.07) is 0. The lowest BCUT2D eigenvalue weighted by Crippen LogP contribution is -2.25. The monoisotopic (exact) mass is 216 g/mol. The molecule has 4 heteroatoms. The molecule has 0 aromatic carbocycles. The third-order valence-electron chi connectivity index (χ3n) is 2.97. The molecule has 1 rings (SSSR count). The van der Waals surface area contributed by atoms with Gasteiger partial charge >= 0.3 is 5.97 Å². The van der Waals surface area contributed by atoms with Gasteiger partial charge in [0.2, 0.25) is 0 Å². The van der Waals surface area contributed by atoms with Gasteiger partial charge in [-0.05, 0) is 31.6 Å². The van der Waals surface area contributed by atoms with E-state index in [1.54, 1.807) is 7.11 Å². The zero-order valence-corrected chi connectivity index (χ0v) is 9.28. The normalized spacial score (nSPS) is 26.3. The molecule has 0 atom stereocenters. The number of hydrogen-bond acceptors (Lipinski definition) is 4. The molecular weight excluding hydrogens is 196 g/mol. The molecule has 1 aliphatic carbocycles. The van der Waals surface area contributed by atoms with Gasteiger partial charge in [0.1, 0.15) is 6.61 Å². The number of aliphatic hydroxyl groups is 1. The van der Waals surface area contributed by atoms with Crippen LogP contribution in [0.3, 0.4) is 0 Å². The quantitative estimate of drug-likeness (QED) is 0.549. The van der Waals surface area contributed by atoms with Gasteiger partial charge in [0.05, 0.1) is 12.5 Å². The Balaban J connectivity index is 2.18. The van der Waals surface area contributed by atoms with Crippen LogP contribution in [0.5, 0.6) is 0 Å². The zero-order chi connectivity index (χ0) is 11.1. The second-order valence-corrected chi connectivity index (χ2v) is 4.06. The molecule has 0 bridgehead atoms. The first-order valence-electron chi connectivity index (χ1n) is 5.54. The number of aliphatic hydroxyl groups excluding tert-OH is 1. The van der Waals surface area contributed by atoms with E-state index in [2.05, 4.69) is 0 Å². The Bertz CT molecular complexity index is 185. The molecule has 1 saturated carbocycles. The van der Waals surface area contributed by atoms with Crippen molar-refractivity contribution in [1.29, 1.82) is 0 Å². The smallest absolute Gasteiger partial charge is 0.309 e. The van der Waals surface area contributed by atoms with Gasteiger partial charge in [-0.25, -0.2) is 0 Å². The minimum absolute atomic E-state index is 0.0321. The van der Waals surface area contributed by atoms with Crippen LogP contribution in [-0.2, 0) is 14.3 Å². The molecule has 88 valence electrons. The van der Waals surface area contributed by atoms with Crippen molar-refractivity contribution in [3.63, 3.8) is 0 Å². The van der Waals surface area contributed by atoms with E-state index in [0.717, 1.165) is 25.7 Å². The molecule has 0 radical (unpaired) electrons. The maximum atomic E-state index is 11.5. The predicted octanol–water partition coefficient (Wildman–Crippen LogP) is 0.975. The maximum absolute atomic E-state index is 11.5. The number of ether oxygens (including phenoxy) is 2. The first-order chi connectivity index (χ1) is 7.27. The lowest BCUT2D eigenvalue weighted by molar-refractivity contribution is -0.151. The van der Waals surface area contributed by atoms with Gasteiger partial charge in [0, 0.05) is 13.7 Å². The lowest BCUT2D eigenvalue weighted by Gasteiger charge is -2.25. The van der Waals surface area contributed by atoms with Crippen molar-refractivity contribution < 1.29 is 19.4 Å². The summed E-state index contributed by atoms with van der Waals surface area (Å²) >= 11 is 0. The number of hydrogen-bond donors (Lipinski definition) is 1. The van der Waals surface area contributed by atoms with Crippen LogP contribution in [0.1, 0.15) is 25.7 Å². The van der Waals surface area contributed by atoms with Crippen molar-refractivity contribution in [2.75, 3.05) is 26.9 Å². The topological polar surface area (TPSA) is 55.8 Å². The largest absolute Gasteiger partial charge is 0.463 e. The van der Waals surface area contributed by atoms with Gasteiger partial charge in [-0.1, -0.05) is 0 Å². The minimum Gasteiger partial charge on any atom is -0.463 e. The van der Waals surface area contributed by atoms with Gasteiger partial charge < -0.3 is 14.6 Å². The molecule has 0 aromatic heterocycles. The van der Waals surface area contributed by atoms with Crippen molar-refractivity contribution in [3.8, 4) is 0 Å². The minimum atomic E-state index is -0.108. The van der Waals surface area contributed by atoms with Crippen molar-refractivity contribution in [2.24, 2.45) is 11.8 Å². The van der Waals surface area contributed by atoms with E-state index in [9.17, 15) is 4.79 Å². The first kappa shape index (κ1) is 12.5. The fraction of sp³-hybridized carbons (Fsp3) is 0.909. The number of carbonyl (C=O) groups is 1. The van der Waals surface area contributed by atoms with Crippen LogP contribution in [0.25, 0.3) is 0 Å². The van der Waals surface area contributed by atoms with Gasteiger partial charge in [-0.2, -0.15) is 0 Å². The second kappa shape index (κ2) is 6.80. The highest BCUT2D eigenvalue weighted by atomic mass is 16.6. The summed E-state index contributed by atoms with van der Waals surface area (Å²) in [4.78, 5) is 11.5. The summed E-state index contributed by atoms with van der Waals surface area (Å²) < 4.78 is 9.87. The second-order valence-electron chi connectivity index (χ2n) is 4.06. The van der Waals surface area contributed by atoms with Gasteiger partial charge in [-0.15, -0.1) is 0 Å². The molecule has 0 aliphatic heterocycles. The van der Waals surface area contributed by atoms with Crippen LogP contribution in [0.15, 0.2) is 0 Å². The number of esters is 1. The van der Waals surface area contributed by atoms with Gasteiger partial charge in [-0.3, -0.25) is 4.79 Å². The molecule has 1 N–H and O–H groups in total. The molecule has 0 unspecified atom stereocenters. The van der Waals surface area contributed by atoms with Gasteiger partial charge in [0.15, 0.2) is 0 Å². The van der Waals surface area contributed by atoms with Crippen LogP contribution in [-0.4, -0.2) is 38.0 Å². The van der Waals surface area contributed by atoms with Crippen molar-refractivity contribution >= 4 is 5.97 Å². The molecule has 0 spiro atoms. The molecule has 1 fully saturated rings. The SMILES string of the molecule is COCCOC(=O)C1CCC(CO)CC1. The molecule has 4 nitrogen and oxygen atoms in total. The van der Waals surface area contributed by atoms with Crippen LogP contribution < -0.4 is 0 Å². The fourth-order valence-electron chi connectivity index (χ4n) is 1.92. The Morgan fingerprint density at radius 2 is 1.93 bits per heavy atom. The molecule has 15 heavy (non-hydrogen) atoms. The molecule has 0 amide bonds. The summed E-state index contributed by atoms with van der Waals surface area (Å²) in [5.41, 5.74) is 0. The Kier molecular flexibility index (Phi) is 5.65. The molecule has 0 aromatic rings. The number of carbonyl (C=O) groups excluding carboxylic acids is 1. The molecule has 1 aliphatic rings.